The fourth-order valence-electron chi connectivity index (χ4n) is 3.77. The number of aliphatic hydroxyl groups is 1. The fourth-order valence-corrected chi connectivity index (χ4v) is 3.77. The zero-order chi connectivity index (χ0) is 26.3. The van der Waals surface area contributed by atoms with Crippen LogP contribution in [-0.2, 0) is 14.3 Å². The summed E-state index contributed by atoms with van der Waals surface area (Å²) in [5, 5.41) is 15.4. The molecule has 0 aliphatic carbocycles. The minimum Gasteiger partial charge on any atom is -0.444 e. The maximum atomic E-state index is 13.8. The number of amides is 3. The summed E-state index contributed by atoms with van der Waals surface area (Å²) in [4.78, 5) is 41.2. The molecule has 8 nitrogen and oxygen atoms in total. The Labute approximate surface area is 204 Å². The topological polar surface area (TPSA) is 108 Å². The van der Waals surface area contributed by atoms with Crippen molar-refractivity contribution in [2.24, 2.45) is 0 Å². The number of nitrogens with one attached hydrogen (secondary N) is 2. The number of alkyl carbamates (subject to hydrolysis) is 1. The lowest BCUT2D eigenvalue weighted by atomic mass is 9.90. The summed E-state index contributed by atoms with van der Waals surface area (Å²) in [5.41, 5.74) is 0.906. The number of hydrogen-bond donors (Lipinski definition) is 3. The number of aryl methyl sites for hydroxylation is 2. The molecule has 0 aliphatic heterocycles. The molecule has 34 heavy (non-hydrogen) atoms. The Kier molecular flexibility index (Phi) is 10.6. The van der Waals surface area contributed by atoms with Crippen molar-refractivity contribution in [1.29, 1.82) is 0 Å². The lowest BCUT2D eigenvalue weighted by Crippen LogP contribution is -2.59. The van der Waals surface area contributed by atoms with Crippen molar-refractivity contribution in [3.63, 3.8) is 0 Å². The van der Waals surface area contributed by atoms with E-state index in [1.54, 1.807) is 20.8 Å². The van der Waals surface area contributed by atoms with Crippen LogP contribution in [0.2, 0.25) is 0 Å². The molecule has 0 heterocycles. The van der Waals surface area contributed by atoms with Gasteiger partial charge in [0.1, 0.15) is 17.7 Å². The van der Waals surface area contributed by atoms with Crippen LogP contribution in [0.4, 0.5) is 4.79 Å². The van der Waals surface area contributed by atoms with Crippen LogP contribution < -0.4 is 10.6 Å². The Balaban J connectivity index is 3.52. The lowest BCUT2D eigenvalue weighted by molar-refractivity contribution is -0.149. The van der Waals surface area contributed by atoms with Gasteiger partial charge in [0, 0.05) is 12.1 Å². The second-order valence-electron chi connectivity index (χ2n) is 10.6. The number of rotatable bonds is 9. The number of benzene rings is 1. The quantitative estimate of drug-likeness (QED) is 0.469. The van der Waals surface area contributed by atoms with Gasteiger partial charge in [0.15, 0.2) is 0 Å². The van der Waals surface area contributed by atoms with Gasteiger partial charge in [0.2, 0.25) is 11.8 Å². The minimum absolute atomic E-state index is 0.303. The number of ether oxygens (including phenoxy) is 1. The third-order valence-electron chi connectivity index (χ3n) is 5.28. The molecule has 1 aromatic rings. The molecule has 3 N–H and O–H groups in total. The maximum Gasteiger partial charge on any atom is 0.408 e. The van der Waals surface area contributed by atoms with E-state index in [1.165, 1.54) is 4.90 Å². The third kappa shape index (κ3) is 8.31. The molecule has 0 spiro atoms. The van der Waals surface area contributed by atoms with Crippen LogP contribution in [-0.4, -0.2) is 58.2 Å². The standard InChI is InChI=1S/C26H43N3O5/c1-10-11-15-27-22(31)21(20-17(2)13-12-14-18(20)3)29(25(4,5)6)23(32)19(16-30)28-24(33)34-26(7,8)9/h12-14,19,21,30H,10-11,15-16H2,1-9H3,(H,27,31)(H,28,33). The molecule has 0 aromatic heterocycles. The number of hydrogen-bond acceptors (Lipinski definition) is 5. The average molecular weight is 478 g/mol. The fraction of sp³-hybridized carbons (Fsp3) is 0.654. The van der Waals surface area contributed by atoms with E-state index >= 15 is 0 Å². The van der Waals surface area contributed by atoms with Gasteiger partial charge >= 0.3 is 6.09 Å². The van der Waals surface area contributed by atoms with Crippen LogP contribution >= 0.6 is 0 Å². The van der Waals surface area contributed by atoms with Gasteiger partial charge in [-0.25, -0.2) is 4.79 Å². The minimum atomic E-state index is -1.27. The van der Waals surface area contributed by atoms with Gasteiger partial charge in [-0.15, -0.1) is 0 Å². The zero-order valence-electron chi connectivity index (χ0n) is 22.2. The van der Waals surface area contributed by atoms with E-state index in [0.717, 1.165) is 29.5 Å². The molecule has 0 bridgehead atoms. The predicted octanol–water partition coefficient (Wildman–Crippen LogP) is 3.77. The molecular weight excluding hydrogens is 434 g/mol. The summed E-state index contributed by atoms with van der Waals surface area (Å²) in [6.07, 6.45) is 0.918. The van der Waals surface area contributed by atoms with Crippen LogP contribution in [0.15, 0.2) is 18.2 Å². The highest BCUT2D eigenvalue weighted by Gasteiger charge is 2.42. The average Bonchev–Trinajstić information content (AvgIpc) is 2.68. The van der Waals surface area contributed by atoms with Crippen LogP contribution in [0, 0.1) is 13.8 Å². The van der Waals surface area contributed by atoms with Crippen molar-refractivity contribution < 1.29 is 24.2 Å². The predicted molar refractivity (Wildman–Crippen MR) is 133 cm³/mol. The summed E-state index contributed by atoms with van der Waals surface area (Å²) < 4.78 is 5.27. The largest absolute Gasteiger partial charge is 0.444 e. The molecular formula is C26H43N3O5. The molecule has 0 radical (unpaired) electrons. The first-order valence-electron chi connectivity index (χ1n) is 11.9. The highest BCUT2D eigenvalue weighted by Crippen LogP contribution is 2.33. The van der Waals surface area contributed by atoms with Crippen molar-refractivity contribution in [2.75, 3.05) is 13.2 Å². The second kappa shape index (κ2) is 12.2. The van der Waals surface area contributed by atoms with Gasteiger partial charge in [-0.1, -0.05) is 31.5 Å². The van der Waals surface area contributed by atoms with E-state index in [9.17, 15) is 19.5 Å². The number of nitrogens with zero attached hydrogens (tertiary/aromatic N) is 1. The molecule has 0 fully saturated rings. The molecule has 1 aromatic carbocycles. The molecule has 0 aliphatic rings. The van der Waals surface area contributed by atoms with Gasteiger partial charge in [0.25, 0.3) is 0 Å². The summed E-state index contributed by atoms with van der Waals surface area (Å²) in [6.45, 7) is 16.3. The van der Waals surface area contributed by atoms with Crippen molar-refractivity contribution in [3.05, 3.63) is 34.9 Å². The van der Waals surface area contributed by atoms with E-state index in [-0.39, 0.29) is 5.91 Å². The smallest absolute Gasteiger partial charge is 0.408 e. The molecule has 3 amide bonds. The molecule has 1 rings (SSSR count). The van der Waals surface area contributed by atoms with Crippen LogP contribution in [0.25, 0.3) is 0 Å². The number of unbranched alkanes of at least 4 members (excludes halogenated alkanes) is 1. The Hall–Kier alpha value is -2.61. The van der Waals surface area contributed by atoms with E-state index in [0.29, 0.717) is 6.54 Å². The number of carbonyl (C=O) groups is 3. The highest BCUT2D eigenvalue weighted by atomic mass is 16.6. The van der Waals surface area contributed by atoms with Crippen LogP contribution in [0.3, 0.4) is 0 Å². The first-order chi connectivity index (χ1) is 15.6. The summed E-state index contributed by atoms with van der Waals surface area (Å²) >= 11 is 0. The molecule has 0 saturated carbocycles. The number of aliphatic hydroxyl groups excluding tert-OH is 1. The second-order valence-corrected chi connectivity index (χ2v) is 10.6. The SMILES string of the molecule is CCCCNC(=O)C(c1c(C)cccc1C)N(C(=O)C(CO)NC(=O)OC(C)(C)C)C(C)(C)C. The Morgan fingerprint density at radius 2 is 1.62 bits per heavy atom. The van der Waals surface area contributed by atoms with E-state index in [1.807, 2.05) is 59.7 Å². The van der Waals surface area contributed by atoms with E-state index in [2.05, 4.69) is 10.6 Å². The zero-order valence-corrected chi connectivity index (χ0v) is 22.2. The van der Waals surface area contributed by atoms with E-state index in [4.69, 9.17) is 4.74 Å². The maximum absolute atomic E-state index is 13.8. The first kappa shape index (κ1) is 29.4. The van der Waals surface area contributed by atoms with Crippen LogP contribution in [0.1, 0.15) is 84.0 Å². The Morgan fingerprint density at radius 3 is 2.06 bits per heavy atom. The Bertz CT molecular complexity index is 835. The van der Waals surface area contributed by atoms with Gasteiger partial charge in [-0.2, -0.15) is 0 Å². The monoisotopic (exact) mass is 477 g/mol. The van der Waals surface area contributed by atoms with E-state index < -0.39 is 41.8 Å². The third-order valence-corrected chi connectivity index (χ3v) is 5.28. The normalized spacial score (nSPS) is 13.6. The van der Waals surface area contributed by atoms with Gasteiger partial charge in [-0.05, 0) is 78.5 Å². The van der Waals surface area contributed by atoms with Gasteiger partial charge in [0.05, 0.1) is 6.61 Å². The molecule has 0 saturated heterocycles. The summed E-state index contributed by atoms with van der Waals surface area (Å²) in [6, 6.07) is 3.50. The summed E-state index contributed by atoms with van der Waals surface area (Å²) in [5.74, 6) is -0.873. The molecule has 8 heteroatoms. The Morgan fingerprint density at radius 1 is 1.06 bits per heavy atom. The van der Waals surface area contributed by atoms with Crippen LogP contribution in [0.5, 0.6) is 0 Å². The molecule has 192 valence electrons. The van der Waals surface area contributed by atoms with Gasteiger partial charge < -0.3 is 25.4 Å². The van der Waals surface area contributed by atoms with Gasteiger partial charge in [-0.3, -0.25) is 9.59 Å². The highest BCUT2D eigenvalue weighted by molar-refractivity contribution is 5.93. The van der Waals surface area contributed by atoms with Crippen molar-refractivity contribution in [3.8, 4) is 0 Å². The van der Waals surface area contributed by atoms with Crippen molar-refractivity contribution in [1.82, 2.24) is 15.5 Å². The van der Waals surface area contributed by atoms with Crippen molar-refractivity contribution in [2.45, 2.75) is 98.4 Å². The molecule has 2 atom stereocenters. The van der Waals surface area contributed by atoms with Crippen molar-refractivity contribution >= 4 is 17.9 Å². The summed E-state index contributed by atoms with van der Waals surface area (Å²) in [7, 11) is 0. The lowest BCUT2D eigenvalue weighted by Gasteiger charge is -2.43. The molecule has 2 unspecified atom stereocenters. The first-order valence-corrected chi connectivity index (χ1v) is 11.9. The number of carbonyl (C=O) groups excluding carboxylic acids is 3.